The van der Waals surface area contributed by atoms with Gasteiger partial charge in [0.25, 0.3) is 0 Å². The average molecular weight is 119 g/mol. The van der Waals surface area contributed by atoms with Gasteiger partial charge in [-0.25, -0.2) is 0 Å². The molecule has 0 radical (unpaired) electrons. The molecule has 0 heterocycles. The van der Waals surface area contributed by atoms with Crippen LogP contribution in [0.5, 0.6) is 0 Å². The Balaban J connectivity index is 2.16. The minimum absolute atomic E-state index is 0.838. The van der Waals surface area contributed by atoms with E-state index in [1.54, 1.807) is 6.08 Å². The number of allylic oxidation sites excluding steroid dienone is 2. The maximum atomic E-state index is 8.34. The van der Waals surface area contributed by atoms with Gasteiger partial charge in [0.2, 0.25) is 0 Å². The van der Waals surface area contributed by atoms with E-state index in [0.29, 0.717) is 0 Å². The molecule has 0 bridgehead atoms. The lowest BCUT2D eigenvalue weighted by molar-refractivity contribution is 0.786. The first kappa shape index (κ1) is 5.05. The molecular formula is C8H9N. The molecule has 2 atom stereocenters. The van der Waals surface area contributed by atoms with Gasteiger partial charge in [-0.15, -0.1) is 0 Å². The molecule has 0 aliphatic heterocycles. The van der Waals surface area contributed by atoms with Crippen LogP contribution in [-0.2, 0) is 0 Å². The summed E-state index contributed by atoms with van der Waals surface area (Å²) in [5.41, 5.74) is 1.42. The third-order valence-electron chi connectivity index (χ3n) is 2.45. The van der Waals surface area contributed by atoms with Crippen molar-refractivity contribution in [3.05, 3.63) is 11.6 Å². The smallest absolute Gasteiger partial charge is 0.0911 e. The average Bonchev–Trinajstić information content (AvgIpc) is 2.54. The van der Waals surface area contributed by atoms with Crippen molar-refractivity contribution in [2.75, 3.05) is 0 Å². The summed E-state index contributed by atoms with van der Waals surface area (Å²) < 4.78 is 0. The largest absolute Gasteiger partial charge is 0.193 e. The number of fused-ring (bicyclic) bond motifs is 1. The van der Waals surface area contributed by atoms with Crippen LogP contribution in [0.4, 0.5) is 0 Å². The third kappa shape index (κ3) is 0.666. The van der Waals surface area contributed by atoms with E-state index in [1.165, 1.54) is 24.8 Å². The molecule has 0 amide bonds. The lowest BCUT2D eigenvalue weighted by Crippen LogP contribution is -1.76. The fourth-order valence-corrected chi connectivity index (χ4v) is 1.82. The Hall–Kier alpha value is -0.770. The Morgan fingerprint density at radius 1 is 1.67 bits per heavy atom. The maximum Gasteiger partial charge on any atom is 0.0911 e. The van der Waals surface area contributed by atoms with E-state index < -0.39 is 0 Å². The standard InChI is InChI=1S/C8H9N/c9-4-3-6-1-2-7-5-8(6)7/h3,7-8H,1-2,5H2/b6-3-. The van der Waals surface area contributed by atoms with E-state index in [2.05, 4.69) is 6.07 Å². The van der Waals surface area contributed by atoms with Crippen molar-refractivity contribution in [3.8, 4) is 6.07 Å². The van der Waals surface area contributed by atoms with Crippen LogP contribution in [0.2, 0.25) is 0 Å². The predicted octanol–water partition coefficient (Wildman–Crippen LogP) is 1.87. The molecular weight excluding hydrogens is 110 g/mol. The van der Waals surface area contributed by atoms with Crippen LogP contribution in [0.1, 0.15) is 19.3 Å². The molecule has 46 valence electrons. The van der Waals surface area contributed by atoms with E-state index in [4.69, 9.17) is 5.26 Å². The predicted molar refractivity (Wildman–Crippen MR) is 34.5 cm³/mol. The summed E-state index contributed by atoms with van der Waals surface area (Å²) in [6, 6.07) is 2.10. The summed E-state index contributed by atoms with van der Waals surface area (Å²) in [6.45, 7) is 0. The second-order valence-electron chi connectivity index (χ2n) is 2.99. The topological polar surface area (TPSA) is 23.8 Å². The highest BCUT2D eigenvalue weighted by atomic mass is 14.5. The second kappa shape index (κ2) is 1.60. The minimum atomic E-state index is 0.838. The fraction of sp³-hybridized carbons (Fsp3) is 0.625. The highest BCUT2D eigenvalue weighted by Crippen LogP contribution is 2.54. The number of hydrogen-bond donors (Lipinski definition) is 0. The monoisotopic (exact) mass is 119 g/mol. The quantitative estimate of drug-likeness (QED) is 0.446. The van der Waals surface area contributed by atoms with Crippen molar-refractivity contribution in [2.24, 2.45) is 11.8 Å². The molecule has 9 heavy (non-hydrogen) atoms. The van der Waals surface area contributed by atoms with Gasteiger partial charge in [-0.3, -0.25) is 0 Å². The Bertz CT molecular complexity index is 197. The minimum Gasteiger partial charge on any atom is -0.193 e. The molecule has 0 aromatic rings. The first-order valence-electron chi connectivity index (χ1n) is 3.50. The van der Waals surface area contributed by atoms with Crippen LogP contribution in [0.15, 0.2) is 11.6 Å². The van der Waals surface area contributed by atoms with Gasteiger partial charge < -0.3 is 0 Å². The lowest BCUT2D eigenvalue weighted by atomic mass is 10.1. The first-order chi connectivity index (χ1) is 4.42. The Kier molecular flexibility index (Phi) is 0.900. The molecule has 2 rings (SSSR count). The number of rotatable bonds is 0. The van der Waals surface area contributed by atoms with E-state index in [1.807, 2.05) is 0 Å². The summed E-state index contributed by atoms with van der Waals surface area (Å²) in [4.78, 5) is 0. The van der Waals surface area contributed by atoms with E-state index in [9.17, 15) is 0 Å². The van der Waals surface area contributed by atoms with Crippen LogP contribution in [-0.4, -0.2) is 0 Å². The lowest BCUT2D eigenvalue weighted by Gasteiger charge is -1.91. The summed E-state index contributed by atoms with van der Waals surface area (Å²) in [5, 5.41) is 8.34. The highest BCUT2D eigenvalue weighted by molar-refractivity contribution is 5.26. The first-order valence-corrected chi connectivity index (χ1v) is 3.50. The summed E-state index contributed by atoms with van der Waals surface area (Å²) >= 11 is 0. The molecule has 0 N–H and O–H groups in total. The molecule has 2 fully saturated rings. The summed E-state index contributed by atoms with van der Waals surface area (Å²) in [5.74, 6) is 1.81. The molecule has 2 aliphatic rings. The van der Waals surface area contributed by atoms with Gasteiger partial charge in [0.1, 0.15) is 0 Å². The van der Waals surface area contributed by atoms with E-state index >= 15 is 0 Å². The van der Waals surface area contributed by atoms with Gasteiger partial charge in [-0.1, -0.05) is 5.57 Å². The molecule has 0 aromatic carbocycles. The number of nitrogens with zero attached hydrogens (tertiary/aromatic N) is 1. The zero-order chi connectivity index (χ0) is 6.27. The van der Waals surface area contributed by atoms with Gasteiger partial charge in [-0.05, 0) is 31.1 Å². The van der Waals surface area contributed by atoms with Crippen LogP contribution in [0.25, 0.3) is 0 Å². The molecule has 0 aromatic heterocycles. The normalized spacial score (nSPS) is 42.3. The molecule has 0 spiro atoms. The van der Waals surface area contributed by atoms with Crippen molar-refractivity contribution in [1.29, 1.82) is 5.26 Å². The van der Waals surface area contributed by atoms with Gasteiger partial charge in [0.15, 0.2) is 0 Å². The Labute approximate surface area is 55.0 Å². The van der Waals surface area contributed by atoms with Crippen molar-refractivity contribution in [2.45, 2.75) is 19.3 Å². The van der Waals surface area contributed by atoms with Gasteiger partial charge in [0, 0.05) is 6.08 Å². The zero-order valence-corrected chi connectivity index (χ0v) is 5.30. The van der Waals surface area contributed by atoms with Gasteiger partial charge in [-0.2, -0.15) is 5.26 Å². The number of nitriles is 1. The number of hydrogen-bond acceptors (Lipinski definition) is 1. The van der Waals surface area contributed by atoms with Crippen molar-refractivity contribution in [3.63, 3.8) is 0 Å². The highest BCUT2D eigenvalue weighted by Gasteiger charge is 2.44. The van der Waals surface area contributed by atoms with E-state index in [-0.39, 0.29) is 0 Å². The maximum absolute atomic E-state index is 8.34. The molecule has 2 saturated carbocycles. The summed E-state index contributed by atoms with van der Waals surface area (Å²) in [6.07, 6.45) is 5.66. The van der Waals surface area contributed by atoms with Crippen molar-refractivity contribution in [1.82, 2.24) is 0 Å². The molecule has 1 nitrogen and oxygen atoms in total. The molecule has 2 aliphatic carbocycles. The molecule has 0 saturated heterocycles. The molecule has 1 heteroatoms. The Morgan fingerprint density at radius 3 is 3.00 bits per heavy atom. The SMILES string of the molecule is N#C/C=C1/CCC2CC12. The van der Waals surface area contributed by atoms with Crippen molar-refractivity contribution < 1.29 is 0 Å². The Morgan fingerprint density at radius 2 is 2.56 bits per heavy atom. The zero-order valence-electron chi connectivity index (χ0n) is 5.30. The second-order valence-corrected chi connectivity index (χ2v) is 2.99. The van der Waals surface area contributed by atoms with Crippen molar-refractivity contribution >= 4 is 0 Å². The van der Waals surface area contributed by atoms with Crippen LogP contribution >= 0.6 is 0 Å². The fourth-order valence-electron chi connectivity index (χ4n) is 1.82. The molecule has 2 unspecified atom stereocenters. The third-order valence-corrected chi connectivity index (χ3v) is 2.45. The van der Waals surface area contributed by atoms with Gasteiger partial charge in [0.05, 0.1) is 6.07 Å². The van der Waals surface area contributed by atoms with Gasteiger partial charge >= 0.3 is 0 Å². The summed E-state index contributed by atoms with van der Waals surface area (Å²) in [7, 11) is 0. The van der Waals surface area contributed by atoms with Crippen LogP contribution < -0.4 is 0 Å². The van der Waals surface area contributed by atoms with Crippen LogP contribution in [0.3, 0.4) is 0 Å². The van der Waals surface area contributed by atoms with E-state index in [0.717, 1.165) is 11.8 Å². The van der Waals surface area contributed by atoms with Crippen LogP contribution in [0, 0.1) is 23.2 Å².